The molecule has 0 amide bonds. The first kappa shape index (κ1) is 28.2. The van der Waals surface area contributed by atoms with Crippen LogP contribution in [0, 0.1) is 18.8 Å². The van der Waals surface area contributed by atoms with Gasteiger partial charge >= 0.3 is 5.97 Å². The van der Waals surface area contributed by atoms with Crippen molar-refractivity contribution in [1.82, 2.24) is 10.3 Å². The van der Waals surface area contributed by atoms with Crippen LogP contribution in [-0.2, 0) is 0 Å². The minimum atomic E-state index is -0.960. The van der Waals surface area contributed by atoms with Gasteiger partial charge in [-0.15, -0.1) is 0 Å². The lowest BCUT2D eigenvalue weighted by Gasteiger charge is -2.37. The molecule has 2 fully saturated rings. The number of aromatic carboxylic acids is 1. The number of rotatable bonds is 6. The molecule has 0 saturated carbocycles. The van der Waals surface area contributed by atoms with Gasteiger partial charge in [0, 0.05) is 30.5 Å². The van der Waals surface area contributed by atoms with Crippen LogP contribution in [0.1, 0.15) is 59.7 Å². The zero-order valence-corrected chi connectivity index (χ0v) is 25.3. The topological polar surface area (TPSA) is 81.8 Å². The van der Waals surface area contributed by atoms with Gasteiger partial charge in [-0.25, -0.2) is 4.79 Å². The summed E-state index contributed by atoms with van der Waals surface area (Å²) in [5, 5.41) is 14.1. The van der Waals surface area contributed by atoms with Crippen molar-refractivity contribution in [1.29, 1.82) is 0 Å². The number of piperidine rings is 1. The van der Waals surface area contributed by atoms with Gasteiger partial charge in [-0.3, -0.25) is 4.98 Å². The quantitative estimate of drug-likeness (QED) is 0.218. The van der Waals surface area contributed by atoms with Crippen molar-refractivity contribution in [3.8, 4) is 11.3 Å². The maximum atomic E-state index is 11.4. The van der Waals surface area contributed by atoms with E-state index in [1.807, 2.05) is 43.3 Å². The lowest BCUT2D eigenvalue weighted by molar-refractivity contribution is 0.0696. The van der Waals surface area contributed by atoms with Crippen molar-refractivity contribution in [2.75, 3.05) is 22.9 Å². The molecule has 4 atom stereocenters. The van der Waals surface area contributed by atoms with Crippen LogP contribution in [0.2, 0.25) is 5.02 Å². The molecule has 0 radical (unpaired) electrons. The molecule has 2 N–H and O–H groups in total. The summed E-state index contributed by atoms with van der Waals surface area (Å²) in [5.41, 5.74) is 4.63. The summed E-state index contributed by atoms with van der Waals surface area (Å²) in [6.45, 7) is 8.44. The Morgan fingerprint density at radius 1 is 1.07 bits per heavy atom. The number of carboxylic acid groups (broad SMARTS) is 1. The third-order valence-electron chi connectivity index (χ3n) is 8.17. The predicted molar refractivity (Wildman–Crippen MR) is 170 cm³/mol. The molecule has 4 aromatic rings. The number of aryl methyl sites for hydroxylation is 1. The van der Waals surface area contributed by atoms with Gasteiger partial charge in [-0.05, 0) is 97.6 Å². The molecule has 2 saturated heterocycles. The first-order chi connectivity index (χ1) is 20.2. The van der Waals surface area contributed by atoms with Crippen LogP contribution in [-0.4, -0.2) is 34.3 Å². The molecule has 2 aromatic carbocycles. The number of thiocarbonyl (C=S) groups is 1. The second kappa shape index (κ2) is 11.4. The Bertz CT molecular complexity index is 1630. The largest absolute Gasteiger partial charge is 0.478 e. The van der Waals surface area contributed by atoms with Gasteiger partial charge in [0.25, 0.3) is 0 Å². The average molecular weight is 601 g/mol. The fourth-order valence-electron chi connectivity index (χ4n) is 6.41. The number of benzene rings is 2. The van der Waals surface area contributed by atoms with Crippen molar-refractivity contribution in [2.45, 2.75) is 39.3 Å². The molecule has 0 spiro atoms. The Labute approximate surface area is 256 Å². The van der Waals surface area contributed by atoms with Crippen LogP contribution in [0.25, 0.3) is 11.3 Å². The number of hydrogen-bond donors (Lipinski definition) is 2. The molecule has 0 aliphatic carbocycles. The zero-order valence-electron chi connectivity index (χ0n) is 23.8. The average Bonchev–Trinajstić information content (AvgIpc) is 3.57. The molecule has 0 unspecified atom stereocenters. The van der Waals surface area contributed by atoms with Crippen molar-refractivity contribution in [3.63, 3.8) is 0 Å². The standard InChI is InChI=1S/C33H33ClN4O3S/c1-19-14-20(2)18-37(17-19)27-10-8-23(16-25(27)34)38-31(30(36-33(38)42)26-6-4-5-13-35-26)29-12-11-28(41-29)24-9-7-22(32(39)40)15-21(24)3/h4-13,15-16,19-20,30-31H,14,17-18H2,1-3H3,(H,36,42)(H,39,40)/t19-,20+,30-,31+/m1/s1. The van der Waals surface area contributed by atoms with Gasteiger partial charge in [-0.1, -0.05) is 37.6 Å². The maximum Gasteiger partial charge on any atom is 0.335 e. The fourth-order valence-corrected chi connectivity index (χ4v) is 7.05. The highest BCUT2D eigenvalue weighted by Gasteiger charge is 2.43. The van der Waals surface area contributed by atoms with Crippen LogP contribution in [0.3, 0.4) is 0 Å². The number of pyridine rings is 1. The van der Waals surface area contributed by atoms with Crippen molar-refractivity contribution >= 4 is 46.3 Å². The van der Waals surface area contributed by atoms with E-state index >= 15 is 0 Å². The highest BCUT2D eigenvalue weighted by Crippen LogP contribution is 2.45. The maximum absolute atomic E-state index is 11.4. The molecule has 7 nitrogen and oxygen atoms in total. The van der Waals surface area contributed by atoms with Crippen LogP contribution in [0.15, 0.2) is 77.3 Å². The lowest BCUT2D eigenvalue weighted by Crippen LogP contribution is -2.38. The van der Waals surface area contributed by atoms with E-state index in [2.05, 4.69) is 46.1 Å². The molecule has 0 bridgehead atoms. The summed E-state index contributed by atoms with van der Waals surface area (Å²) in [6.07, 6.45) is 3.00. The molecule has 4 heterocycles. The molecule has 9 heteroatoms. The number of carboxylic acids is 1. The summed E-state index contributed by atoms with van der Waals surface area (Å²) in [6, 6.07) is 20.3. The van der Waals surface area contributed by atoms with Gasteiger partial charge in [0.1, 0.15) is 17.6 Å². The number of aromatic nitrogens is 1. The number of nitrogens with zero attached hydrogens (tertiary/aromatic N) is 3. The number of nitrogens with one attached hydrogen (secondary N) is 1. The predicted octanol–water partition coefficient (Wildman–Crippen LogP) is 7.66. The Morgan fingerprint density at radius 2 is 1.86 bits per heavy atom. The minimum Gasteiger partial charge on any atom is -0.478 e. The summed E-state index contributed by atoms with van der Waals surface area (Å²) < 4.78 is 6.50. The third kappa shape index (κ3) is 5.37. The Balaban J connectivity index is 1.38. The molecule has 2 aromatic heterocycles. The van der Waals surface area contributed by atoms with E-state index in [-0.39, 0.29) is 17.6 Å². The van der Waals surface area contributed by atoms with Gasteiger partial charge in [0.15, 0.2) is 5.11 Å². The van der Waals surface area contributed by atoms with Crippen molar-refractivity contribution < 1.29 is 14.3 Å². The smallest absolute Gasteiger partial charge is 0.335 e. The second-order valence-corrected chi connectivity index (χ2v) is 12.3. The first-order valence-electron chi connectivity index (χ1n) is 14.2. The fraction of sp³-hybridized carbons (Fsp3) is 0.303. The van der Waals surface area contributed by atoms with E-state index in [0.29, 0.717) is 33.5 Å². The lowest BCUT2D eigenvalue weighted by atomic mass is 9.91. The Hall–Kier alpha value is -3.88. The first-order valence-corrected chi connectivity index (χ1v) is 15.0. The monoisotopic (exact) mass is 600 g/mol. The van der Waals surface area contributed by atoms with Gasteiger partial charge < -0.3 is 24.6 Å². The number of anilines is 2. The number of carbonyl (C=O) groups is 1. The van der Waals surface area contributed by atoms with Crippen LogP contribution in [0.5, 0.6) is 0 Å². The van der Waals surface area contributed by atoms with E-state index in [0.717, 1.165) is 41.3 Å². The normalized spacial score (nSPS) is 22.3. The molecule has 2 aliphatic rings. The van der Waals surface area contributed by atoms with Crippen LogP contribution < -0.4 is 15.1 Å². The van der Waals surface area contributed by atoms with Crippen molar-refractivity contribution in [2.24, 2.45) is 11.8 Å². The van der Waals surface area contributed by atoms with E-state index in [1.54, 1.807) is 24.4 Å². The van der Waals surface area contributed by atoms with Crippen molar-refractivity contribution in [3.05, 3.63) is 101 Å². The Kier molecular flexibility index (Phi) is 7.68. The molecule has 6 rings (SSSR count). The minimum absolute atomic E-state index is 0.239. The highest BCUT2D eigenvalue weighted by atomic mass is 35.5. The van der Waals surface area contributed by atoms with Crippen LogP contribution >= 0.6 is 23.8 Å². The highest BCUT2D eigenvalue weighted by molar-refractivity contribution is 7.80. The zero-order chi connectivity index (χ0) is 29.5. The van der Waals surface area contributed by atoms with Crippen LogP contribution in [0.4, 0.5) is 11.4 Å². The van der Waals surface area contributed by atoms with Gasteiger partial charge in [0.2, 0.25) is 0 Å². The molecule has 2 aliphatic heterocycles. The Morgan fingerprint density at radius 3 is 2.52 bits per heavy atom. The van der Waals surface area contributed by atoms with E-state index in [1.165, 1.54) is 6.42 Å². The second-order valence-electron chi connectivity index (χ2n) is 11.5. The molecular formula is C33H33ClN4O3S. The van der Waals surface area contributed by atoms with E-state index in [4.69, 9.17) is 28.2 Å². The number of hydrogen-bond acceptors (Lipinski definition) is 5. The number of furan rings is 1. The third-order valence-corrected chi connectivity index (χ3v) is 8.79. The number of halogens is 1. The summed E-state index contributed by atoms with van der Waals surface area (Å²) in [7, 11) is 0. The van der Waals surface area contributed by atoms with E-state index in [9.17, 15) is 9.90 Å². The van der Waals surface area contributed by atoms with Gasteiger partial charge in [-0.2, -0.15) is 0 Å². The SMILES string of the molecule is Cc1cc(C(=O)O)ccc1-c1ccc([C@H]2[C@@H](c3ccccn3)NC(=S)N2c2ccc(N3C[C@H](C)C[C@H](C)C3)c(Cl)c2)o1. The molecular weight excluding hydrogens is 568 g/mol. The molecule has 216 valence electrons. The summed E-state index contributed by atoms with van der Waals surface area (Å²) in [5.74, 6) is 1.62. The summed E-state index contributed by atoms with van der Waals surface area (Å²) >= 11 is 12.9. The molecule has 42 heavy (non-hydrogen) atoms. The summed E-state index contributed by atoms with van der Waals surface area (Å²) in [4.78, 5) is 20.5. The van der Waals surface area contributed by atoms with E-state index < -0.39 is 5.97 Å². The van der Waals surface area contributed by atoms with Gasteiger partial charge in [0.05, 0.1) is 28.0 Å².